The van der Waals surface area contributed by atoms with Crippen molar-refractivity contribution >= 4 is 17.3 Å². The Hall–Kier alpha value is -1.74. The average Bonchev–Trinajstić information content (AvgIpc) is 2.22. The van der Waals surface area contributed by atoms with Crippen molar-refractivity contribution in [2.24, 2.45) is 0 Å². The lowest BCUT2D eigenvalue weighted by Gasteiger charge is -2.08. The zero-order valence-electron chi connectivity index (χ0n) is 9.21. The van der Waals surface area contributed by atoms with Gasteiger partial charge in [0.2, 0.25) is 0 Å². The number of hydrogen-bond donors (Lipinski definition) is 1. The molecule has 17 heavy (non-hydrogen) atoms. The summed E-state index contributed by atoms with van der Waals surface area (Å²) < 4.78 is 18.5. The van der Waals surface area contributed by atoms with Crippen LogP contribution in [0, 0.1) is 12.7 Å². The summed E-state index contributed by atoms with van der Waals surface area (Å²) in [7, 11) is 0. The molecule has 2 N–H and O–H groups in total. The number of hydrogen-bond acceptors (Lipinski definition) is 2. The van der Waals surface area contributed by atoms with Crippen LogP contribution in [0.2, 0.25) is 5.02 Å². The largest absolute Gasteiger partial charge is 0.457 e. The second kappa shape index (κ2) is 4.63. The SMILES string of the molecule is Cc1cc(N)cc(Oc2ccc(F)c(Cl)c2)c1. The number of anilines is 1. The van der Waals surface area contributed by atoms with E-state index in [0.717, 1.165) is 5.56 Å². The number of ether oxygens (including phenoxy) is 1. The molecular weight excluding hydrogens is 241 g/mol. The minimum absolute atomic E-state index is 0.0307. The van der Waals surface area contributed by atoms with Gasteiger partial charge in [0.1, 0.15) is 17.3 Å². The van der Waals surface area contributed by atoms with Gasteiger partial charge in [0.25, 0.3) is 0 Å². The van der Waals surface area contributed by atoms with Gasteiger partial charge in [-0.3, -0.25) is 0 Å². The zero-order valence-corrected chi connectivity index (χ0v) is 9.96. The quantitative estimate of drug-likeness (QED) is 0.814. The lowest BCUT2D eigenvalue weighted by Crippen LogP contribution is -1.90. The Morgan fingerprint density at radius 3 is 2.53 bits per heavy atom. The number of rotatable bonds is 2. The van der Waals surface area contributed by atoms with E-state index >= 15 is 0 Å². The fourth-order valence-electron chi connectivity index (χ4n) is 1.51. The highest BCUT2D eigenvalue weighted by molar-refractivity contribution is 6.30. The van der Waals surface area contributed by atoms with E-state index in [1.807, 2.05) is 19.1 Å². The highest BCUT2D eigenvalue weighted by Gasteiger charge is 2.03. The van der Waals surface area contributed by atoms with E-state index in [1.54, 1.807) is 6.07 Å². The first-order valence-corrected chi connectivity index (χ1v) is 5.42. The lowest BCUT2D eigenvalue weighted by atomic mass is 10.2. The normalized spacial score (nSPS) is 10.3. The van der Waals surface area contributed by atoms with Crippen molar-refractivity contribution in [3.63, 3.8) is 0 Å². The monoisotopic (exact) mass is 251 g/mol. The van der Waals surface area contributed by atoms with Crippen LogP contribution in [-0.2, 0) is 0 Å². The summed E-state index contributed by atoms with van der Waals surface area (Å²) in [6.45, 7) is 1.92. The van der Waals surface area contributed by atoms with Crippen LogP contribution in [0.25, 0.3) is 0 Å². The summed E-state index contributed by atoms with van der Waals surface area (Å²) in [4.78, 5) is 0. The highest BCUT2D eigenvalue weighted by Crippen LogP contribution is 2.27. The van der Waals surface area contributed by atoms with Gasteiger partial charge < -0.3 is 10.5 Å². The molecule has 0 bridgehead atoms. The first-order valence-electron chi connectivity index (χ1n) is 5.04. The van der Waals surface area contributed by atoms with Crippen molar-refractivity contribution in [1.82, 2.24) is 0 Å². The third kappa shape index (κ3) is 2.88. The minimum atomic E-state index is -0.470. The Bertz CT molecular complexity index is 537. The van der Waals surface area contributed by atoms with Gasteiger partial charge in [-0.25, -0.2) is 4.39 Å². The third-order valence-corrected chi connectivity index (χ3v) is 2.49. The van der Waals surface area contributed by atoms with Crippen LogP contribution in [-0.4, -0.2) is 0 Å². The van der Waals surface area contributed by atoms with Crippen molar-refractivity contribution in [1.29, 1.82) is 0 Å². The molecule has 0 saturated heterocycles. The molecule has 0 aliphatic rings. The van der Waals surface area contributed by atoms with E-state index in [2.05, 4.69) is 0 Å². The molecule has 0 amide bonds. The molecule has 0 unspecified atom stereocenters. The zero-order chi connectivity index (χ0) is 12.4. The molecule has 0 aliphatic heterocycles. The van der Waals surface area contributed by atoms with Gasteiger partial charge in [0.05, 0.1) is 5.02 Å². The summed E-state index contributed by atoms with van der Waals surface area (Å²) in [5.74, 6) is 0.606. The van der Waals surface area contributed by atoms with Gasteiger partial charge in [-0.1, -0.05) is 11.6 Å². The Labute approximate surface area is 104 Å². The molecule has 0 fully saturated rings. The smallest absolute Gasteiger partial charge is 0.142 e. The molecule has 0 spiro atoms. The number of nitrogens with two attached hydrogens (primary N) is 1. The van der Waals surface area contributed by atoms with Crippen LogP contribution in [0.1, 0.15) is 5.56 Å². The highest BCUT2D eigenvalue weighted by atomic mass is 35.5. The second-order valence-corrected chi connectivity index (χ2v) is 4.16. The Morgan fingerprint density at radius 1 is 1.12 bits per heavy atom. The maximum Gasteiger partial charge on any atom is 0.142 e. The van der Waals surface area contributed by atoms with Gasteiger partial charge in [-0.05, 0) is 36.8 Å². The third-order valence-electron chi connectivity index (χ3n) is 2.20. The summed E-state index contributed by atoms with van der Waals surface area (Å²) in [5.41, 5.74) is 7.31. The summed E-state index contributed by atoms with van der Waals surface area (Å²) in [6, 6.07) is 9.58. The molecule has 2 rings (SSSR count). The summed E-state index contributed by atoms with van der Waals surface area (Å²) in [5, 5.41) is 0.0307. The average molecular weight is 252 g/mol. The first-order chi connectivity index (χ1) is 8.04. The maximum absolute atomic E-state index is 13.0. The summed E-state index contributed by atoms with van der Waals surface area (Å²) >= 11 is 5.66. The Morgan fingerprint density at radius 2 is 1.88 bits per heavy atom. The van der Waals surface area contributed by atoms with Gasteiger partial charge >= 0.3 is 0 Å². The number of aryl methyl sites for hydroxylation is 1. The van der Waals surface area contributed by atoms with Crippen LogP contribution in [0.3, 0.4) is 0 Å². The van der Waals surface area contributed by atoms with Crippen LogP contribution in [0.5, 0.6) is 11.5 Å². The summed E-state index contributed by atoms with van der Waals surface area (Å²) in [6.07, 6.45) is 0. The van der Waals surface area contributed by atoms with E-state index in [9.17, 15) is 4.39 Å². The predicted octanol–water partition coefficient (Wildman–Crippen LogP) is 4.16. The van der Waals surface area contributed by atoms with Gasteiger partial charge in [-0.2, -0.15) is 0 Å². The van der Waals surface area contributed by atoms with E-state index in [1.165, 1.54) is 18.2 Å². The standard InChI is InChI=1S/C13H11ClFNO/c1-8-4-9(16)6-11(5-8)17-10-2-3-13(15)12(14)7-10/h2-7H,16H2,1H3. The van der Waals surface area contributed by atoms with Crippen LogP contribution in [0.15, 0.2) is 36.4 Å². The molecule has 2 aromatic rings. The molecule has 2 nitrogen and oxygen atoms in total. The van der Waals surface area contributed by atoms with E-state index in [0.29, 0.717) is 17.2 Å². The maximum atomic E-state index is 13.0. The molecular formula is C13H11ClFNO. The first kappa shape index (κ1) is 11.7. The van der Waals surface area contributed by atoms with Crippen molar-refractivity contribution < 1.29 is 9.13 Å². The van der Waals surface area contributed by atoms with Crippen LogP contribution in [0.4, 0.5) is 10.1 Å². The van der Waals surface area contributed by atoms with E-state index < -0.39 is 5.82 Å². The predicted molar refractivity (Wildman–Crippen MR) is 67.1 cm³/mol. The molecule has 0 radical (unpaired) electrons. The molecule has 0 aromatic heterocycles. The Kier molecular flexibility index (Phi) is 3.20. The van der Waals surface area contributed by atoms with Gasteiger partial charge in [0, 0.05) is 17.8 Å². The van der Waals surface area contributed by atoms with Crippen molar-refractivity contribution in [2.75, 3.05) is 5.73 Å². The van der Waals surface area contributed by atoms with Crippen molar-refractivity contribution in [3.8, 4) is 11.5 Å². The fourth-order valence-corrected chi connectivity index (χ4v) is 1.68. The van der Waals surface area contributed by atoms with E-state index in [-0.39, 0.29) is 5.02 Å². The molecule has 0 atom stereocenters. The number of benzene rings is 2. The number of halogens is 2. The van der Waals surface area contributed by atoms with E-state index in [4.69, 9.17) is 22.1 Å². The van der Waals surface area contributed by atoms with Crippen molar-refractivity contribution in [3.05, 3.63) is 52.8 Å². The molecule has 2 aromatic carbocycles. The van der Waals surface area contributed by atoms with Crippen LogP contribution < -0.4 is 10.5 Å². The lowest BCUT2D eigenvalue weighted by molar-refractivity contribution is 0.480. The van der Waals surface area contributed by atoms with Gasteiger partial charge in [-0.15, -0.1) is 0 Å². The molecule has 0 aliphatic carbocycles. The molecule has 0 heterocycles. The Balaban J connectivity index is 2.28. The van der Waals surface area contributed by atoms with Crippen molar-refractivity contribution in [2.45, 2.75) is 6.92 Å². The minimum Gasteiger partial charge on any atom is -0.457 e. The molecule has 88 valence electrons. The van der Waals surface area contributed by atoms with Gasteiger partial charge in [0.15, 0.2) is 0 Å². The second-order valence-electron chi connectivity index (χ2n) is 3.76. The molecule has 0 saturated carbocycles. The topological polar surface area (TPSA) is 35.2 Å². The molecule has 4 heteroatoms. The number of nitrogen functional groups attached to an aromatic ring is 1. The van der Waals surface area contributed by atoms with Crippen LogP contribution >= 0.6 is 11.6 Å². The fraction of sp³-hybridized carbons (Fsp3) is 0.0769.